The van der Waals surface area contributed by atoms with Crippen molar-refractivity contribution in [1.29, 1.82) is 0 Å². The topological polar surface area (TPSA) is 58.8 Å². The molecule has 2 fully saturated rings. The van der Waals surface area contributed by atoms with Crippen molar-refractivity contribution >= 4 is 5.91 Å². The van der Waals surface area contributed by atoms with Crippen LogP contribution in [0, 0.1) is 0 Å². The van der Waals surface area contributed by atoms with Crippen LogP contribution in [0.15, 0.2) is 47.2 Å². The molecule has 1 aromatic heterocycles. The van der Waals surface area contributed by atoms with Gasteiger partial charge in [0.25, 0.3) is 0 Å². The lowest BCUT2D eigenvalue weighted by Crippen LogP contribution is -2.50. The zero-order valence-electron chi connectivity index (χ0n) is 13.5. The van der Waals surface area contributed by atoms with E-state index in [0.717, 1.165) is 19.7 Å². The Morgan fingerprint density at radius 3 is 2.88 bits per heavy atom. The standard InChI is InChI=1S/C18H21N3O3/c22-18(10-15-6-8-24-19-15)21-12-16-17(13-21)23-9-7-20(16)11-14-4-2-1-3-5-14/h1-6,8,16-17H,7,9-13H2. The van der Waals surface area contributed by atoms with Gasteiger partial charge in [0, 0.05) is 32.2 Å². The normalized spacial score (nSPS) is 24.1. The number of carbonyl (C=O) groups is 1. The van der Waals surface area contributed by atoms with Crippen LogP contribution in [0.25, 0.3) is 0 Å². The van der Waals surface area contributed by atoms with Gasteiger partial charge in [0.2, 0.25) is 5.91 Å². The first kappa shape index (κ1) is 15.4. The highest BCUT2D eigenvalue weighted by molar-refractivity contribution is 5.78. The fourth-order valence-electron chi connectivity index (χ4n) is 3.57. The highest BCUT2D eigenvalue weighted by Crippen LogP contribution is 2.25. The molecule has 2 aliphatic rings. The van der Waals surface area contributed by atoms with Crippen LogP contribution in [-0.4, -0.2) is 59.3 Å². The van der Waals surface area contributed by atoms with E-state index in [1.807, 2.05) is 11.0 Å². The Balaban J connectivity index is 1.41. The van der Waals surface area contributed by atoms with E-state index < -0.39 is 0 Å². The maximum Gasteiger partial charge on any atom is 0.228 e. The summed E-state index contributed by atoms with van der Waals surface area (Å²) in [5, 5.41) is 3.82. The first-order chi connectivity index (χ1) is 11.8. The Bertz CT molecular complexity index is 674. The van der Waals surface area contributed by atoms with Gasteiger partial charge in [-0.15, -0.1) is 0 Å². The Morgan fingerprint density at radius 1 is 1.21 bits per heavy atom. The Labute approximate surface area is 141 Å². The van der Waals surface area contributed by atoms with Crippen molar-refractivity contribution in [2.45, 2.75) is 25.1 Å². The molecule has 24 heavy (non-hydrogen) atoms. The van der Waals surface area contributed by atoms with Crippen molar-refractivity contribution in [3.63, 3.8) is 0 Å². The lowest BCUT2D eigenvalue weighted by Gasteiger charge is -2.36. The second kappa shape index (κ2) is 6.75. The third-order valence-corrected chi connectivity index (χ3v) is 4.82. The summed E-state index contributed by atoms with van der Waals surface area (Å²) in [5.41, 5.74) is 1.97. The van der Waals surface area contributed by atoms with Crippen molar-refractivity contribution in [2.24, 2.45) is 0 Å². The molecule has 2 aliphatic heterocycles. The number of benzene rings is 1. The van der Waals surface area contributed by atoms with Crippen molar-refractivity contribution in [3.05, 3.63) is 53.9 Å². The van der Waals surface area contributed by atoms with Gasteiger partial charge < -0.3 is 14.2 Å². The second-order valence-corrected chi connectivity index (χ2v) is 6.40. The van der Waals surface area contributed by atoms with Crippen molar-refractivity contribution in [2.75, 3.05) is 26.2 Å². The molecule has 4 rings (SSSR count). The summed E-state index contributed by atoms with van der Waals surface area (Å²) >= 11 is 0. The third-order valence-electron chi connectivity index (χ3n) is 4.82. The van der Waals surface area contributed by atoms with Gasteiger partial charge in [0.05, 0.1) is 30.9 Å². The number of fused-ring (bicyclic) bond motifs is 1. The predicted octanol–water partition coefficient (Wildman–Crippen LogP) is 1.33. The molecule has 0 aliphatic carbocycles. The second-order valence-electron chi connectivity index (χ2n) is 6.40. The summed E-state index contributed by atoms with van der Waals surface area (Å²) in [5.74, 6) is 0.0848. The van der Waals surface area contributed by atoms with E-state index in [-0.39, 0.29) is 24.5 Å². The number of amides is 1. The van der Waals surface area contributed by atoms with Gasteiger partial charge in [-0.05, 0) is 5.56 Å². The van der Waals surface area contributed by atoms with E-state index in [4.69, 9.17) is 9.26 Å². The molecular formula is C18H21N3O3. The van der Waals surface area contributed by atoms with Gasteiger partial charge in [-0.2, -0.15) is 0 Å². The van der Waals surface area contributed by atoms with E-state index in [1.165, 1.54) is 11.8 Å². The summed E-state index contributed by atoms with van der Waals surface area (Å²) in [6.45, 7) is 3.90. The zero-order valence-corrected chi connectivity index (χ0v) is 13.5. The molecule has 6 heteroatoms. The third kappa shape index (κ3) is 3.20. The van der Waals surface area contributed by atoms with Gasteiger partial charge in [0.15, 0.2) is 0 Å². The molecule has 0 radical (unpaired) electrons. The summed E-state index contributed by atoms with van der Waals surface area (Å²) in [6, 6.07) is 12.5. The molecule has 0 N–H and O–H groups in total. The maximum absolute atomic E-state index is 12.5. The van der Waals surface area contributed by atoms with Crippen LogP contribution < -0.4 is 0 Å². The summed E-state index contributed by atoms with van der Waals surface area (Å²) in [4.78, 5) is 16.8. The van der Waals surface area contributed by atoms with Crippen LogP contribution in [-0.2, 0) is 22.5 Å². The highest BCUT2D eigenvalue weighted by Gasteiger charge is 2.41. The van der Waals surface area contributed by atoms with Gasteiger partial charge in [-0.25, -0.2) is 0 Å². The highest BCUT2D eigenvalue weighted by atomic mass is 16.5. The number of hydrogen-bond acceptors (Lipinski definition) is 5. The molecule has 2 aromatic rings. The molecule has 6 nitrogen and oxygen atoms in total. The molecule has 2 atom stereocenters. The number of nitrogens with zero attached hydrogens (tertiary/aromatic N) is 3. The Morgan fingerprint density at radius 2 is 2.08 bits per heavy atom. The van der Waals surface area contributed by atoms with Crippen molar-refractivity contribution in [3.8, 4) is 0 Å². The van der Waals surface area contributed by atoms with E-state index in [1.54, 1.807) is 6.07 Å². The fraction of sp³-hybridized carbons (Fsp3) is 0.444. The van der Waals surface area contributed by atoms with Crippen LogP contribution in [0.1, 0.15) is 11.3 Å². The van der Waals surface area contributed by atoms with Crippen molar-refractivity contribution < 1.29 is 14.1 Å². The molecule has 2 saturated heterocycles. The number of rotatable bonds is 4. The van der Waals surface area contributed by atoms with E-state index in [2.05, 4.69) is 34.3 Å². The zero-order chi connectivity index (χ0) is 16.4. The first-order valence-corrected chi connectivity index (χ1v) is 8.36. The summed E-state index contributed by atoms with van der Waals surface area (Å²) in [6.07, 6.45) is 1.88. The van der Waals surface area contributed by atoms with Gasteiger partial charge >= 0.3 is 0 Å². The molecule has 2 unspecified atom stereocenters. The molecule has 3 heterocycles. The summed E-state index contributed by atoms with van der Waals surface area (Å²) < 4.78 is 10.7. The predicted molar refractivity (Wildman–Crippen MR) is 87.2 cm³/mol. The van der Waals surface area contributed by atoms with Crippen LogP contribution >= 0.6 is 0 Å². The van der Waals surface area contributed by atoms with E-state index in [9.17, 15) is 4.79 Å². The smallest absolute Gasteiger partial charge is 0.228 e. The molecule has 0 spiro atoms. The number of aromatic nitrogens is 1. The monoisotopic (exact) mass is 327 g/mol. The Kier molecular flexibility index (Phi) is 4.32. The molecular weight excluding hydrogens is 306 g/mol. The van der Waals surface area contributed by atoms with Crippen LogP contribution in [0.4, 0.5) is 0 Å². The lowest BCUT2D eigenvalue weighted by atomic mass is 10.1. The minimum absolute atomic E-state index is 0.0848. The van der Waals surface area contributed by atoms with E-state index in [0.29, 0.717) is 18.8 Å². The number of morpholine rings is 1. The van der Waals surface area contributed by atoms with Crippen LogP contribution in [0.5, 0.6) is 0 Å². The quantitative estimate of drug-likeness (QED) is 0.848. The molecule has 1 aromatic carbocycles. The van der Waals surface area contributed by atoms with Crippen molar-refractivity contribution in [1.82, 2.24) is 15.0 Å². The minimum atomic E-state index is 0.0848. The number of ether oxygens (including phenoxy) is 1. The Hall–Kier alpha value is -2.18. The largest absolute Gasteiger partial charge is 0.373 e. The molecule has 0 bridgehead atoms. The van der Waals surface area contributed by atoms with Crippen LogP contribution in [0.3, 0.4) is 0 Å². The molecule has 0 saturated carbocycles. The number of carbonyl (C=O) groups excluding carboxylic acids is 1. The fourth-order valence-corrected chi connectivity index (χ4v) is 3.57. The SMILES string of the molecule is O=C(Cc1ccon1)N1CC2OCCN(Cc3ccccc3)C2C1. The van der Waals surface area contributed by atoms with E-state index >= 15 is 0 Å². The minimum Gasteiger partial charge on any atom is -0.373 e. The average Bonchev–Trinajstić information content (AvgIpc) is 3.25. The van der Waals surface area contributed by atoms with Gasteiger partial charge in [0.1, 0.15) is 6.26 Å². The van der Waals surface area contributed by atoms with Gasteiger partial charge in [-0.1, -0.05) is 35.5 Å². The molecule has 1 amide bonds. The number of hydrogen-bond donors (Lipinski definition) is 0. The lowest BCUT2D eigenvalue weighted by molar-refractivity contribution is -0.130. The summed E-state index contributed by atoms with van der Waals surface area (Å²) in [7, 11) is 0. The maximum atomic E-state index is 12.5. The van der Waals surface area contributed by atoms with Gasteiger partial charge in [-0.3, -0.25) is 9.69 Å². The number of likely N-dealkylation sites (tertiary alicyclic amines) is 1. The first-order valence-electron chi connectivity index (χ1n) is 8.36. The van der Waals surface area contributed by atoms with Crippen LogP contribution in [0.2, 0.25) is 0 Å². The average molecular weight is 327 g/mol. The molecule has 126 valence electrons.